The summed E-state index contributed by atoms with van der Waals surface area (Å²) in [5.74, 6) is -1.02. The molecule has 1 aromatic heterocycles. The van der Waals surface area contributed by atoms with E-state index in [1.165, 1.54) is 23.5 Å². The molecule has 0 spiro atoms. The maximum atomic E-state index is 13.1. The van der Waals surface area contributed by atoms with Crippen molar-refractivity contribution in [3.63, 3.8) is 0 Å². The van der Waals surface area contributed by atoms with Gasteiger partial charge in [-0.25, -0.2) is 9.18 Å². The lowest BCUT2D eigenvalue weighted by molar-refractivity contribution is -0.115. The summed E-state index contributed by atoms with van der Waals surface area (Å²) in [6, 6.07) is 5.81. The van der Waals surface area contributed by atoms with Gasteiger partial charge in [0.2, 0.25) is 5.91 Å². The number of amides is 1. The number of nitrogens with one attached hydrogen (secondary N) is 2. The van der Waals surface area contributed by atoms with Gasteiger partial charge in [0.25, 0.3) is 0 Å². The highest BCUT2D eigenvalue weighted by Crippen LogP contribution is 2.45. The van der Waals surface area contributed by atoms with Crippen molar-refractivity contribution in [3.05, 3.63) is 51.7 Å². The second-order valence-electron chi connectivity index (χ2n) is 8.50. The van der Waals surface area contributed by atoms with Crippen molar-refractivity contribution >= 4 is 28.2 Å². The predicted molar refractivity (Wildman–Crippen MR) is 113 cm³/mol. The van der Waals surface area contributed by atoms with E-state index in [-0.39, 0.29) is 35.8 Å². The Labute approximate surface area is 174 Å². The number of halogens is 1. The van der Waals surface area contributed by atoms with Crippen LogP contribution in [0.5, 0.6) is 0 Å². The minimum Gasteiger partial charge on any atom is -0.462 e. The van der Waals surface area contributed by atoms with Gasteiger partial charge in [-0.3, -0.25) is 4.79 Å². The molecule has 0 fully saturated rings. The first-order valence-corrected chi connectivity index (χ1v) is 10.5. The number of ether oxygens (including phenoxy) is 1. The van der Waals surface area contributed by atoms with E-state index in [2.05, 4.69) is 38.3 Å². The van der Waals surface area contributed by atoms with Crippen LogP contribution in [0.2, 0.25) is 0 Å². The molecule has 1 aliphatic heterocycles. The Morgan fingerprint density at radius 1 is 1.21 bits per heavy atom. The van der Waals surface area contributed by atoms with Gasteiger partial charge in [0, 0.05) is 16.0 Å². The molecular formula is C22H27FN2O3S. The van der Waals surface area contributed by atoms with Crippen LogP contribution in [0.1, 0.15) is 61.0 Å². The summed E-state index contributed by atoms with van der Waals surface area (Å²) < 4.78 is 18.4. The van der Waals surface area contributed by atoms with Crippen molar-refractivity contribution in [1.29, 1.82) is 0 Å². The summed E-state index contributed by atoms with van der Waals surface area (Å²) in [6.07, 6.45) is 0.752. The number of benzene rings is 1. The largest absolute Gasteiger partial charge is 0.462 e. The normalized spacial score (nSPS) is 16.8. The van der Waals surface area contributed by atoms with Gasteiger partial charge >= 0.3 is 5.97 Å². The zero-order chi connectivity index (χ0) is 21.4. The van der Waals surface area contributed by atoms with E-state index in [4.69, 9.17) is 4.74 Å². The Balaban J connectivity index is 1.95. The number of carbonyl (C=O) groups excluding carboxylic acids is 2. The van der Waals surface area contributed by atoms with Crippen LogP contribution in [0.3, 0.4) is 0 Å². The van der Waals surface area contributed by atoms with E-state index in [0.717, 1.165) is 10.4 Å². The number of carbonyl (C=O) groups is 2. The molecule has 3 rings (SSSR count). The Hall–Kier alpha value is -2.25. The van der Waals surface area contributed by atoms with Gasteiger partial charge < -0.3 is 15.4 Å². The van der Waals surface area contributed by atoms with Crippen LogP contribution in [-0.4, -0.2) is 24.0 Å². The molecule has 1 amide bonds. The number of esters is 1. The molecule has 0 saturated carbocycles. The van der Waals surface area contributed by atoms with Crippen LogP contribution in [0.4, 0.5) is 9.39 Å². The quantitative estimate of drug-likeness (QED) is 0.706. The average Bonchev–Trinajstić information content (AvgIpc) is 2.94. The van der Waals surface area contributed by atoms with Gasteiger partial charge in [0.05, 0.1) is 18.6 Å². The van der Waals surface area contributed by atoms with Crippen LogP contribution in [0, 0.1) is 5.82 Å². The van der Waals surface area contributed by atoms with E-state index >= 15 is 0 Å². The molecule has 1 aromatic carbocycles. The molecule has 2 aromatic rings. The first-order chi connectivity index (χ1) is 13.5. The summed E-state index contributed by atoms with van der Waals surface area (Å²) in [4.78, 5) is 26.4. The second-order valence-corrected chi connectivity index (χ2v) is 9.52. The van der Waals surface area contributed by atoms with Crippen molar-refractivity contribution in [2.45, 2.75) is 58.5 Å². The smallest absolute Gasteiger partial charge is 0.341 e. The van der Waals surface area contributed by atoms with Crippen molar-refractivity contribution in [1.82, 2.24) is 5.32 Å². The first kappa shape index (κ1) is 21.5. The summed E-state index contributed by atoms with van der Waals surface area (Å²) in [7, 11) is 0. The van der Waals surface area contributed by atoms with Crippen molar-refractivity contribution in [2.75, 3.05) is 11.9 Å². The fraction of sp³-hybridized carbons (Fsp3) is 0.455. The Kier molecular flexibility index (Phi) is 5.83. The van der Waals surface area contributed by atoms with Gasteiger partial charge in [-0.15, -0.1) is 11.3 Å². The molecule has 29 heavy (non-hydrogen) atoms. The summed E-state index contributed by atoms with van der Waals surface area (Å²) in [5.41, 5.74) is 1.53. The third kappa shape index (κ3) is 4.67. The third-order valence-corrected chi connectivity index (χ3v) is 6.33. The number of hydrogen-bond donors (Lipinski definition) is 2. The topological polar surface area (TPSA) is 67.4 Å². The Morgan fingerprint density at radius 2 is 1.86 bits per heavy atom. The molecule has 2 heterocycles. The zero-order valence-electron chi connectivity index (χ0n) is 17.4. The first-order valence-electron chi connectivity index (χ1n) is 9.69. The molecular weight excluding hydrogens is 391 g/mol. The molecule has 0 unspecified atom stereocenters. The van der Waals surface area contributed by atoms with E-state index < -0.39 is 5.97 Å². The Bertz CT molecular complexity index is 932. The Morgan fingerprint density at radius 3 is 2.48 bits per heavy atom. The average molecular weight is 419 g/mol. The molecule has 5 nitrogen and oxygen atoms in total. The van der Waals surface area contributed by atoms with Gasteiger partial charge in [0.15, 0.2) is 0 Å². The number of anilines is 1. The lowest BCUT2D eigenvalue weighted by Crippen LogP contribution is -2.55. The van der Waals surface area contributed by atoms with Crippen molar-refractivity contribution in [2.24, 2.45) is 0 Å². The molecule has 0 bridgehead atoms. The highest BCUT2D eigenvalue weighted by Gasteiger charge is 2.42. The minimum absolute atomic E-state index is 0.0955. The van der Waals surface area contributed by atoms with Gasteiger partial charge in [-0.2, -0.15) is 0 Å². The molecule has 0 radical (unpaired) electrons. The highest BCUT2D eigenvalue weighted by atomic mass is 32.1. The van der Waals surface area contributed by atoms with Gasteiger partial charge in [0.1, 0.15) is 10.8 Å². The van der Waals surface area contributed by atoms with E-state index in [1.54, 1.807) is 19.1 Å². The predicted octanol–water partition coefficient (Wildman–Crippen LogP) is 4.40. The molecule has 2 N–H and O–H groups in total. The second kappa shape index (κ2) is 7.88. The number of rotatable bonds is 5. The molecule has 0 saturated heterocycles. The lowest BCUT2D eigenvalue weighted by atomic mass is 9.81. The molecule has 7 heteroatoms. The number of fused-ring (bicyclic) bond motifs is 1. The fourth-order valence-electron chi connectivity index (χ4n) is 3.99. The fourth-order valence-corrected chi connectivity index (χ4v) is 5.27. The maximum Gasteiger partial charge on any atom is 0.341 e. The van der Waals surface area contributed by atoms with Crippen molar-refractivity contribution in [3.8, 4) is 0 Å². The van der Waals surface area contributed by atoms with Crippen LogP contribution in [-0.2, 0) is 27.9 Å². The van der Waals surface area contributed by atoms with Crippen molar-refractivity contribution < 1.29 is 18.7 Å². The SMILES string of the molecule is CCOC(=O)c1c(NC(=O)Cc2ccc(F)cc2)sc2c1CC(C)(C)NC2(C)C. The summed E-state index contributed by atoms with van der Waals surface area (Å²) in [5, 5.41) is 7.01. The number of hydrogen-bond acceptors (Lipinski definition) is 5. The summed E-state index contributed by atoms with van der Waals surface area (Å²) >= 11 is 1.41. The molecule has 0 atom stereocenters. The summed E-state index contributed by atoms with van der Waals surface area (Å²) in [6.45, 7) is 10.4. The third-order valence-electron chi connectivity index (χ3n) is 4.85. The number of thiophene rings is 1. The maximum absolute atomic E-state index is 13.1. The monoisotopic (exact) mass is 418 g/mol. The molecule has 156 valence electrons. The van der Waals surface area contributed by atoms with E-state index in [0.29, 0.717) is 22.5 Å². The molecule has 0 aliphatic carbocycles. The zero-order valence-corrected chi connectivity index (χ0v) is 18.3. The highest BCUT2D eigenvalue weighted by molar-refractivity contribution is 7.17. The van der Waals surface area contributed by atoms with Crippen LogP contribution >= 0.6 is 11.3 Å². The van der Waals surface area contributed by atoms with Crippen LogP contribution in [0.25, 0.3) is 0 Å². The molecule has 1 aliphatic rings. The minimum atomic E-state index is -0.421. The van der Waals surface area contributed by atoms with Crippen LogP contribution < -0.4 is 10.6 Å². The van der Waals surface area contributed by atoms with Crippen LogP contribution in [0.15, 0.2) is 24.3 Å². The van der Waals surface area contributed by atoms with Gasteiger partial charge in [-0.05, 0) is 64.3 Å². The van der Waals surface area contributed by atoms with E-state index in [1.807, 2.05) is 0 Å². The lowest BCUT2D eigenvalue weighted by Gasteiger charge is -2.42. The standard InChI is InChI=1S/C22H27FN2O3S/c1-6-28-20(27)17-15-12-21(2,3)25-22(4,5)18(15)29-19(17)24-16(26)11-13-7-9-14(23)10-8-13/h7-10,25H,6,11-12H2,1-5H3,(H,24,26). The van der Waals surface area contributed by atoms with Gasteiger partial charge in [-0.1, -0.05) is 12.1 Å². The van der Waals surface area contributed by atoms with E-state index in [9.17, 15) is 14.0 Å².